The molecule has 2 aromatic carbocycles. The Morgan fingerprint density at radius 3 is 1.86 bits per heavy atom. The summed E-state index contributed by atoms with van der Waals surface area (Å²) in [5.74, 6) is 6.89. The Morgan fingerprint density at radius 2 is 1.32 bits per heavy atom. The van der Waals surface area contributed by atoms with E-state index < -0.39 is 11.6 Å². The molecule has 0 N–H and O–H groups in total. The normalized spacial score (nSPS) is 21.5. The minimum Gasteiger partial charge on any atom is -0.206 e. The van der Waals surface area contributed by atoms with Crippen LogP contribution in [0.2, 0.25) is 0 Å². The predicted octanol–water partition coefficient (Wildman–Crippen LogP) is 6.62. The van der Waals surface area contributed by atoms with Crippen LogP contribution in [0.3, 0.4) is 0 Å². The molecule has 1 nitrogen and oxygen atoms in total. The van der Waals surface area contributed by atoms with Crippen LogP contribution < -0.4 is 0 Å². The van der Waals surface area contributed by atoms with Crippen LogP contribution >= 0.6 is 11.8 Å². The van der Waals surface area contributed by atoms with Crippen molar-refractivity contribution in [1.82, 2.24) is 0 Å². The Labute approximate surface area is 169 Å². The maximum atomic E-state index is 13.9. The number of benzene rings is 2. The van der Waals surface area contributed by atoms with Crippen molar-refractivity contribution in [2.75, 3.05) is 0 Å². The number of thiocyanates is 1. The van der Waals surface area contributed by atoms with Gasteiger partial charge in [-0.2, -0.15) is 5.26 Å². The van der Waals surface area contributed by atoms with Crippen LogP contribution in [0.25, 0.3) is 0 Å². The number of rotatable bonds is 3. The summed E-state index contributed by atoms with van der Waals surface area (Å²) in [7, 11) is 0. The molecule has 0 saturated heterocycles. The molecule has 0 unspecified atom stereocenters. The first-order valence-corrected chi connectivity index (χ1v) is 10.6. The summed E-state index contributed by atoms with van der Waals surface area (Å²) < 4.78 is 27.8. The molecule has 0 atom stereocenters. The van der Waals surface area contributed by atoms with E-state index in [4.69, 9.17) is 5.26 Å². The quantitative estimate of drug-likeness (QED) is 0.332. The number of nitrogens with zero attached hydrogens (tertiary/aromatic N) is 1. The summed E-state index contributed by atoms with van der Waals surface area (Å²) in [6.45, 7) is 0. The third-order valence-corrected chi connectivity index (χ3v) is 6.63. The smallest absolute Gasteiger partial charge is 0.142 e. The molecule has 0 bridgehead atoms. The molecule has 2 aliphatic carbocycles. The zero-order chi connectivity index (χ0) is 19.5. The third kappa shape index (κ3) is 4.40. The third-order valence-electron chi connectivity index (χ3n) is 5.94. The van der Waals surface area contributed by atoms with Gasteiger partial charge in [0.1, 0.15) is 17.0 Å². The maximum Gasteiger partial charge on any atom is 0.142 e. The lowest BCUT2D eigenvalue weighted by Crippen LogP contribution is -2.14. The minimum atomic E-state index is -0.756. The fraction of sp³-hybridized carbons (Fsp3) is 0.375. The topological polar surface area (TPSA) is 23.8 Å². The van der Waals surface area contributed by atoms with E-state index in [9.17, 15) is 8.78 Å². The lowest BCUT2D eigenvalue weighted by molar-refractivity contribution is 0.296. The molecule has 0 spiro atoms. The summed E-state index contributed by atoms with van der Waals surface area (Å²) in [4.78, 5) is -0.284. The van der Waals surface area contributed by atoms with Gasteiger partial charge in [-0.25, -0.2) is 8.78 Å². The van der Waals surface area contributed by atoms with Crippen molar-refractivity contribution in [2.45, 2.75) is 49.3 Å². The molecule has 142 valence electrons. The highest BCUT2D eigenvalue weighted by atomic mass is 32.2. The number of halogens is 2. The van der Waals surface area contributed by atoms with E-state index in [0.717, 1.165) is 17.4 Å². The van der Waals surface area contributed by atoms with E-state index in [1.54, 1.807) is 5.40 Å². The van der Waals surface area contributed by atoms with Crippen LogP contribution in [0.15, 0.2) is 41.3 Å². The highest BCUT2D eigenvalue weighted by molar-refractivity contribution is 8.03. The maximum absolute atomic E-state index is 13.9. The molecule has 0 aliphatic heterocycles. The molecule has 2 aliphatic rings. The molecule has 0 aromatic heterocycles. The van der Waals surface area contributed by atoms with Crippen LogP contribution in [0.1, 0.15) is 61.1 Å². The molecule has 2 fully saturated rings. The number of nitriles is 1. The molecule has 2 saturated carbocycles. The Morgan fingerprint density at radius 1 is 0.786 bits per heavy atom. The van der Waals surface area contributed by atoms with Crippen LogP contribution in [0.5, 0.6) is 0 Å². The van der Waals surface area contributed by atoms with Crippen molar-refractivity contribution in [3.05, 3.63) is 64.7 Å². The first kappa shape index (κ1) is 19.0. The van der Waals surface area contributed by atoms with Gasteiger partial charge in [0, 0.05) is 11.1 Å². The predicted molar refractivity (Wildman–Crippen MR) is 108 cm³/mol. The van der Waals surface area contributed by atoms with Crippen molar-refractivity contribution in [1.29, 1.82) is 5.26 Å². The van der Waals surface area contributed by atoms with Crippen LogP contribution in [0, 0.1) is 46.0 Å². The van der Waals surface area contributed by atoms with Gasteiger partial charge in [0.15, 0.2) is 0 Å². The second kappa shape index (κ2) is 8.38. The van der Waals surface area contributed by atoms with Crippen LogP contribution in [-0.4, -0.2) is 0 Å². The largest absolute Gasteiger partial charge is 0.206 e. The molecule has 4 heteroatoms. The standard InChI is InChI=1S/C24H21F2NS/c25-22-13-17(14-23(26)24(22)28-15-27)2-1-16-3-5-18(6-4-16)19-7-9-20(10-8-19)21-11-12-21/h3-6,13-14,19-21H,7-12H2. The molecule has 0 radical (unpaired) electrons. The summed E-state index contributed by atoms with van der Waals surface area (Å²) in [5.41, 5.74) is 2.46. The van der Waals surface area contributed by atoms with E-state index in [0.29, 0.717) is 17.7 Å². The summed E-state index contributed by atoms with van der Waals surface area (Å²) in [5, 5.41) is 10.3. The van der Waals surface area contributed by atoms with Crippen molar-refractivity contribution in [3.8, 4) is 17.2 Å². The van der Waals surface area contributed by atoms with Gasteiger partial charge in [0.25, 0.3) is 0 Å². The van der Waals surface area contributed by atoms with E-state index in [1.165, 1.54) is 56.2 Å². The summed E-state index contributed by atoms with van der Waals surface area (Å²) in [6.07, 6.45) is 8.14. The van der Waals surface area contributed by atoms with E-state index in [2.05, 4.69) is 24.0 Å². The molecule has 2 aromatic rings. The number of thioether (sulfide) groups is 1. The lowest BCUT2D eigenvalue weighted by Gasteiger charge is -2.28. The molecule has 4 rings (SSSR count). The van der Waals surface area contributed by atoms with Gasteiger partial charge in [-0.05, 0) is 97.9 Å². The Hall–Kier alpha value is -2.30. The van der Waals surface area contributed by atoms with Crippen molar-refractivity contribution < 1.29 is 8.78 Å². The summed E-state index contributed by atoms with van der Waals surface area (Å²) >= 11 is 0.479. The van der Waals surface area contributed by atoms with Gasteiger partial charge in [-0.3, -0.25) is 0 Å². The second-order valence-electron chi connectivity index (χ2n) is 7.78. The van der Waals surface area contributed by atoms with Gasteiger partial charge in [0.2, 0.25) is 0 Å². The van der Waals surface area contributed by atoms with Crippen LogP contribution in [-0.2, 0) is 0 Å². The zero-order valence-electron chi connectivity index (χ0n) is 15.6. The second-order valence-corrected chi connectivity index (χ2v) is 8.58. The van der Waals surface area contributed by atoms with Crippen molar-refractivity contribution >= 4 is 11.8 Å². The average molecular weight is 394 g/mol. The van der Waals surface area contributed by atoms with E-state index >= 15 is 0 Å². The molecule has 0 amide bonds. The van der Waals surface area contributed by atoms with Gasteiger partial charge >= 0.3 is 0 Å². The Kier molecular flexibility index (Phi) is 5.69. The van der Waals surface area contributed by atoms with Gasteiger partial charge in [-0.15, -0.1) is 0 Å². The molecular weight excluding hydrogens is 372 g/mol. The van der Waals surface area contributed by atoms with Crippen molar-refractivity contribution in [3.63, 3.8) is 0 Å². The van der Waals surface area contributed by atoms with E-state index in [-0.39, 0.29) is 10.5 Å². The fourth-order valence-corrected chi connectivity index (χ4v) is 4.65. The fourth-order valence-electron chi connectivity index (χ4n) is 4.25. The zero-order valence-corrected chi connectivity index (χ0v) is 16.4. The molecule has 28 heavy (non-hydrogen) atoms. The molecular formula is C24H21F2NS. The van der Waals surface area contributed by atoms with Gasteiger partial charge < -0.3 is 0 Å². The first-order valence-electron chi connectivity index (χ1n) is 9.81. The lowest BCUT2D eigenvalue weighted by atomic mass is 9.77. The Balaban J connectivity index is 1.42. The Bertz CT molecular complexity index is 930. The average Bonchev–Trinajstić information content (AvgIpc) is 3.55. The van der Waals surface area contributed by atoms with Gasteiger partial charge in [-0.1, -0.05) is 24.0 Å². The van der Waals surface area contributed by atoms with E-state index in [1.807, 2.05) is 12.1 Å². The van der Waals surface area contributed by atoms with Crippen molar-refractivity contribution in [2.24, 2.45) is 11.8 Å². The highest BCUT2D eigenvalue weighted by Gasteiger charge is 2.34. The first-order chi connectivity index (χ1) is 13.6. The summed E-state index contributed by atoms with van der Waals surface area (Å²) in [6, 6.07) is 10.6. The van der Waals surface area contributed by atoms with Crippen LogP contribution in [0.4, 0.5) is 8.78 Å². The SMILES string of the molecule is N#CSc1c(F)cc(C#Cc2ccc(C3CCC(C4CC4)CC3)cc2)cc1F. The van der Waals surface area contributed by atoms with Gasteiger partial charge in [0.05, 0.1) is 4.90 Å². The number of hydrogen-bond donors (Lipinski definition) is 0. The highest BCUT2D eigenvalue weighted by Crippen LogP contribution is 2.47. The minimum absolute atomic E-state index is 0.264. The number of hydrogen-bond acceptors (Lipinski definition) is 2. The molecule has 0 heterocycles. The monoisotopic (exact) mass is 393 g/mol.